The van der Waals surface area contributed by atoms with Crippen molar-refractivity contribution in [1.82, 2.24) is 0 Å². The van der Waals surface area contributed by atoms with E-state index >= 15 is 0 Å². The van der Waals surface area contributed by atoms with Crippen LogP contribution in [0.3, 0.4) is 0 Å². The molecule has 88 valence electrons. The molecule has 5 heteroatoms. The zero-order chi connectivity index (χ0) is 12.4. The van der Waals surface area contributed by atoms with Crippen LogP contribution in [0.2, 0.25) is 5.22 Å². The van der Waals surface area contributed by atoms with Gasteiger partial charge >= 0.3 is 0 Å². The third-order valence-corrected chi connectivity index (χ3v) is 2.62. The molecule has 0 spiro atoms. The lowest BCUT2D eigenvalue weighted by atomic mass is 10.2. The Balaban J connectivity index is 2.19. The molecule has 2 N–H and O–H groups in total. The topological polar surface area (TPSA) is 62.5 Å². The van der Waals surface area contributed by atoms with Gasteiger partial charge in [0.25, 0.3) is 5.91 Å². The Morgan fingerprint density at radius 3 is 2.76 bits per heavy atom. The zero-order valence-corrected chi connectivity index (χ0v) is 9.78. The molecule has 0 saturated carbocycles. The molecule has 0 fully saturated rings. The predicted octanol–water partition coefficient (Wildman–Crippen LogP) is 3.20. The summed E-state index contributed by atoms with van der Waals surface area (Å²) in [5, 5.41) is 12.2. The number of aryl methyl sites for hydroxylation is 1. The molecule has 0 radical (unpaired) electrons. The lowest BCUT2D eigenvalue weighted by Gasteiger charge is -2.05. The van der Waals surface area contributed by atoms with Gasteiger partial charge in [0.1, 0.15) is 5.75 Å². The largest absolute Gasteiger partial charge is 0.508 e. The van der Waals surface area contributed by atoms with Gasteiger partial charge in [0.15, 0.2) is 0 Å². The fraction of sp³-hybridized carbons (Fsp3) is 0.0833. The third kappa shape index (κ3) is 2.42. The summed E-state index contributed by atoms with van der Waals surface area (Å²) >= 11 is 5.68. The molecule has 0 saturated heterocycles. The fourth-order valence-corrected chi connectivity index (χ4v) is 1.54. The lowest BCUT2D eigenvalue weighted by molar-refractivity contribution is 0.102. The summed E-state index contributed by atoms with van der Waals surface area (Å²) in [7, 11) is 0. The Morgan fingerprint density at radius 2 is 2.18 bits per heavy atom. The van der Waals surface area contributed by atoms with Crippen molar-refractivity contribution in [3.63, 3.8) is 0 Å². The molecule has 0 aliphatic heterocycles. The van der Waals surface area contributed by atoms with E-state index in [4.69, 9.17) is 16.0 Å². The van der Waals surface area contributed by atoms with Gasteiger partial charge in [-0.15, -0.1) is 0 Å². The van der Waals surface area contributed by atoms with Crippen molar-refractivity contribution in [1.29, 1.82) is 0 Å². The summed E-state index contributed by atoms with van der Waals surface area (Å²) in [5.41, 5.74) is 1.49. The van der Waals surface area contributed by atoms with E-state index in [0.717, 1.165) is 5.56 Å². The van der Waals surface area contributed by atoms with Gasteiger partial charge in [-0.3, -0.25) is 4.79 Å². The summed E-state index contributed by atoms with van der Waals surface area (Å²) in [5.74, 6) is -0.256. The van der Waals surface area contributed by atoms with E-state index in [0.29, 0.717) is 5.69 Å². The lowest BCUT2D eigenvalue weighted by Crippen LogP contribution is -2.11. The summed E-state index contributed by atoms with van der Waals surface area (Å²) in [6.45, 7) is 1.77. The van der Waals surface area contributed by atoms with E-state index in [2.05, 4.69) is 5.32 Å². The molecular formula is C12H10ClNO3. The number of rotatable bonds is 2. The number of phenols is 1. The molecular weight excluding hydrogens is 242 g/mol. The highest BCUT2D eigenvalue weighted by molar-refractivity contribution is 6.32. The third-order valence-electron chi connectivity index (χ3n) is 2.33. The first kappa shape index (κ1) is 11.5. The molecule has 1 aromatic heterocycles. The number of hydrogen-bond acceptors (Lipinski definition) is 3. The van der Waals surface area contributed by atoms with Gasteiger partial charge in [-0.25, -0.2) is 0 Å². The van der Waals surface area contributed by atoms with Crippen molar-refractivity contribution in [2.24, 2.45) is 0 Å². The van der Waals surface area contributed by atoms with E-state index < -0.39 is 0 Å². The monoisotopic (exact) mass is 251 g/mol. The Hall–Kier alpha value is -1.94. The fourth-order valence-electron chi connectivity index (χ4n) is 1.34. The van der Waals surface area contributed by atoms with Crippen molar-refractivity contribution in [2.75, 3.05) is 5.32 Å². The maximum Gasteiger partial charge on any atom is 0.260 e. The summed E-state index contributed by atoms with van der Waals surface area (Å²) in [6, 6.07) is 6.36. The number of carbonyl (C=O) groups is 1. The molecule has 1 amide bonds. The van der Waals surface area contributed by atoms with Gasteiger partial charge in [0.2, 0.25) is 5.22 Å². The molecule has 0 atom stereocenters. The van der Waals surface area contributed by atoms with Crippen LogP contribution in [0.25, 0.3) is 0 Å². The van der Waals surface area contributed by atoms with Gasteiger partial charge in [-0.05, 0) is 36.2 Å². The molecule has 0 aliphatic carbocycles. The quantitative estimate of drug-likeness (QED) is 0.862. The van der Waals surface area contributed by atoms with Crippen LogP contribution in [0.1, 0.15) is 15.9 Å². The Labute approximate surface area is 103 Å². The van der Waals surface area contributed by atoms with Crippen LogP contribution < -0.4 is 5.32 Å². The van der Waals surface area contributed by atoms with Crippen LogP contribution >= 0.6 is 11.6 Å². The average molecular weight is 252 g/mol. The number of halogens is 1. The second-order valence-corrected chi connectivity index (χ2v) is 3.91. The zero-order valence-electron chi connectivity index (χ0n) is 9.03. The number of benzene rings is 1. The minimum absolute atomic E-state index is 0.0406. The second-order valence-electron chi connectivity index (χ2n) is 3.56. The number of carbonyl (C=O) groups excluding carboxylic acids is 1. The van der Waals surface area contributed by atoms with Crippen LogP contribution in [-0.2, 0) is 0 Å². The highest BCUT2D eigenvalue weighted by Gasteiger charge is 2.13. The summed E-state index contributed by atoms with van der Waals surface area (Å²) < 4.78 is 4.82. The molecule has 2 aromatic rings. The van der Waals surface area contributed by atoms with Gasteiger partial charge in [0, 0.05) is 11.8 Å². The SMILES string of the molecule is Cc1ccc(NC(=O)c2ccoc2Cl)cc1O. The standard InChI is InChI=1S/C12H10ClNO3/c1-7-2-3-8(6-10(7)15)14-12(16)9-4-5-17-11(9)13/h2-6,15H,1H3,(H,14,16). The Morgan fingerprint density at radius 1 is 1.41 bits per heavy atom. The van der Waals surface area contributed by atoms with E-state index in [1.165, 1.54) is 18.4 Å². The van der Waals surface area contributed by atoms with Gasteiger partial charge in [-0.1, -0.05) is 6.07 Å². The molecule has 1 aromatic carbocycles. The van der Waals surface area contributed by atoms with Crippen LogP contribution in [0.5, 0.6) is 5.75 Å². The number of hydrogen-bond donors (Lipinski definition) is 2. The highest BCUT2D eigenvalue weighted by atomic mass is 35.5. The van der Waals surface area contributed by atoms with E-state index in [1.54, 1.807) is 19.1 Å². The molecule has 0 unspecified atom stereocenters. The van der Waals surface area contributed by atoms with Gasteiger partial charge in [-0.2, -0.15) is 0 Å². The molecule has 0 bridgehead atoms. The van der Waals surface area contributed by atoms with Crippen molar-refractivity contribution < 1.29 is 14.3 Å². The van der Waals surface area contributed by atoms with Crippen LogP contribution in [-0.4, -0.2) is 11.0 Å². The highest BCUT2D eigenvalue weighted by Crippen LogP contribution is 2.23. The first-order valence-electron chi connectivity index (χ1n) is 4.92. The van der Waals surface area contributed by atoms with Crippen LogP contribution in [0, 0.1) is 6.92 Å². The second kappa shape index (κ2) is 4.51. The summed E-state index contributed by atoms with van der Waals surface area (Å²) in [6.07, 6.45) is 1.34. The molecule has 4 nitrogen and oxygen atoms in total. The van der Waals surface area contributed by atoms with Gasteiger partial charge < -0.3 is 14.8 Å². The van der Waals surface area contributed by atoms with Crippen LogP contribution in [0.4, 0.5) is 5.69 Å². The number of nitrogens with one attached hydrogen (secondary N) is 1. The number of anilines is 1. The predicted molar refractivity (Wildman–Crippen MR) is 64.5 cm³/mol. The van der Waals surface area contributed by atoms with Crippen molar-refractivity contribution in [3.8, 4) is 5.75 Å². The smallest absolute Gasteiger partial charge is 0.260 e. The molecule has 1 heterocycles. The molecule has 17 heavy (non-hydrogen) atoms. The number of furan rings is 1. The maximum absolute atomic E-state index is 11.8. The minimum atomic E-state index is -0.382. The normalized spacial score (nSPS) is 10.2. The molecule has 0 aliphatic rings. The van der Waals surface area contributed by atoms with Gasteiger partial charge in [0.05, 0.1) is 11.8 Å². The first-order valence-corrected chi connectivity index (χ1v) is 5.29. The van der Waals surface area contributed by atoms with Crippen molar-refractivity contribution in [3.05, 3.63) is 46.9 Å². The van der Waals surface area contributed by atoms with E-state index in [-0.39, 0.29) is 22.4 Å². The average Bonchev–Trinajstić information content (AvgIpc) is 2.70. The number of phenolic OH excluding ortho intramolecular Hbond substituents is 1. The van der Waals surface area contributed by atoms with Crippen LogP contribution in [0.15, 0.2) is 34.9 Å². The number of amides is 1. The Kier molecular flexibility index (Phi) is 3.06. The van der Waals surface area contributed by atoms with Crippen molar-refractivity contribution >= 4 is 23.2 Å². The molecule has 2 rings (SSSR count). The summed E-state index contributed by atoms with van der Waals surface area (Å²) in [4.78, 5) is 11.8. The Bertz CT molecular complexity index is 563. The number of aromatic hydroxyl groups is 1. The minimum Gasteiger partial charge on any atom is -0.508 e. The first-order chi connectivity index (χ1) is 8.08. The van der Waals surface area contributed by atoms with Crippen molar-refractivity contribution in [2.45, 2.75) is 6.92 Å². The van der Waals surface area contributed by atoms with E-state index in [1.807, 2.05) is 0 Å². The maximum atomic E-state index is 11.8. The van der Waals surface area contributed by atoms with E-state index in [9.17, 15) is 9.90 Å².